The third kappa shape index (κ3) is 3.14. The molecule has 1 heterocycles. The predicted molar refractivity (Wildman–Crippen MR) is 50.7 cm³/mol. The molecule has 1 nitrogen and oxygen atoms in total. The van der Waals surface area contributed by atoms with Gasteiger partial charge in [-0.05, 0) is 6.92 Å². The van der Waals surface area contributed by atoms with Gasteiger partial charge in [-0.3, -0.25) is 4.79 Å². The number of rotatable bonds is 1. The van der Waals surface area contributed by atoms with Crippen LogP contribution in [0.2, 0.25) is 0 Å². The molecule has 0 unspecified atom stereocenters. The first-order valence-corrected chi connectivity index (χ1v) is 5.01. The topological polar surface area (TPSA) is 17.1 Å². The van der Waals surface area contributed by atoms with Gasteiger partial charge in [-0.1, -0.05) is 13.8 Å². The summed E-state index contributed by atoms with van der Waals surface area (Å²) >= 11 is 0.881. The van der Waals surface area contributed by atoms with Crippen molar-refractivity contribution >= 4 is 17.1 Å². The first kappa shape index (κ1) is 13.2. The van der Waals surface area contributed by atoms with Gasteiger partial charge in [-0.15, -0.1) is 0 Å². The quantitative estimate of drug-likeness (QED) is 0.659. The van der Waals surface area contributed by atoms with Gasteiger partial charge in [-0.2, -0.15) is 24.5 Å². The lowest BCUT2D eigenvalue weighted by molar-refractivity contribution is -0.137. The van der Waals surface area contributed by atoms with Crippen LogP contribution in [-0.4, -0.2) is 5.78 Å². The molecule has 5 heteroatoms. The maximum absolute atomic E-state index is 12.1. The lowest BCUT2D eigenvalue weighted by Crippen LogP contribution is -2.08. The number of hydrogen-bond donors (Lipinski definition) is 0. The molecule has 0 aliphatic carbocycles. The average Bonchev–Trinajstić information content (AvgIpc) is 2.54. The first-order valence-electron chi connectivity index (χ1n) is 4.07. The zero-order valence-electron chi connectivity index (χ0n) is 8.11. The van der Waals surface area contributed by atoms with E-state index in [-0.39, 0.29) is 5.56 Å². The number of Topliss-reactive ketones (excluding diaryl/α,β-unsaturated/α-hetero) is 1. The summed E-state index contributed by atoms with van der Waals surface area (Å²) in [5.74, 6) is -0.552. The van der Waals surface area contributed by atoms with E-state index in [2.05, 4.69) is 0 Å². The molecule has 0 spiro atoms. The van der Waals surface area contributed by atoms with Crippen LogP contribution in [0.15, 0.2) is 10.8 Å². The highest BCUT2D eigenvalue weighted by molar-refractivity contribution is 7.08. The second-order valence-electron chi connectivity index (χ2n) is 2.25. The van der Waals surface area contributed by atoms with Crippen LogP contribution in [-0.2, 0) is 6.18 Å². The van der Waals surface area contributed by atoms with Crippen LogP contribution in [0.5, 0.6) is 0 Å². The van der Waals surface area contributed by atoms with Crippen LogP contribution >= 0.6 is 11.3 Å². The first-order chi connectivity index (χ1) is 6.43. The van der Waals surface area contributed by atoms with Crippen LogP contribution < -0.4 is 0 Å². The molecule has 0 radical (unpaired) electrons. The summed E-state index contributed by atoms with van der Waals surface area (Å²) in [6.45, 7) is 5.12. The van der Waals surface area contributed by atoms with E-state index in [0.717, 1.165) is 23.6 Å². The smallest absolute Gasteiger partial charge is 0.294 e. The van der Waals surface area contributed by atoms with Crippen molar-refractivity contribution in [3.8, 4) is 0 Å². The third-order valence-electron chi connectivity index (χ3n) is 1.35. The van der Waals surface area contributed by atoms with E-state index in [1.165, 1.54) is 5.38 Å². The van der Waals surface area contributed by atoms with Crippen LogP contribution in [0.1, 0.15) is 36.7 Å². The fourth-order valence-corrected chi connectivity index (χ4v) is 1.68. The van der Waals surface area contributed by atoms with E-state index in [9.17, 15) is 18.0 Å². The lowest BCUT2D eigenvalue weighted by atomic mass is 10.1. The van der Waals surface area contributed by atoms with Crippen molar-refractivity contribution in [2.24, 2.45) is 0 Å². The summed E-state index contributed by atoms with van der Waals surface area (Å²) in [6.07, 6.45) is -4.42. The number of halogens is 3. The number of ketones is 1. The third-order valence-corrected chi connectivity index (χ3v) is 2.09. The van der Waals surface area contributed by atoms with Gasteiger partial charge in [0.25, 0.3) is 0 Å². The SMILES string of the molecule is CC.CC(=O)c1cscc1C(F)(F)F. The van der Waals surface area contributed by atoms with E-state index < -0.39 is 17.5 Å². The van der Waals surface area contributed by atoms with Gasteiger partial charge >= 0.3 is 6.18 Å². The summed E-state index contributed by atoms with van der Waals surface area (Å²) < 4.78 is 36.3. The predicted octanol–water partition coefficient (Wildman–Crippen LogP) is 4.00. The molecule has 0 saturated heterocycles. The van der Waals surface area contributed by atoms with Crippen molar-refractivity contribution in [3.05, 3.63) is 21.9 Å². The molecule has 0 amide bonds. The molecule has 1 rings (SSSR count). The van der Waals surface area contributed by atoms with E-state index in [4.69, 9.17) is 0 Å². The normalized spacial score (nSPS) is 10.4. The average molecular weight is 224 g/mol. The Balaban J connectivity index is 0.000000791. The lowest BCUT2D eigenvalue weighted by Gasteiger charge is -2.04. The van der Waals surface area contributed by atoms with Crippen molar-refractivity contribution in [1.82, 2.24) is 0 Å². The second-order valence-corrected chi connectivity index (χ2v) is 3.00. The minimum atomic E-state index is -4.42. The highest BCUT2D eigenvalue weighted by atomic mass is 32.1. The largest absolute Gasteiger partial charge is 0.417 e. The molecular weight excluding hydrogens is 213 g/mol. The Bertz CT molecular complexity index is 301. The summed E-state index contributed by atoms with van der Waals surface area (Å²) in [5.41, 5.74) is -1.08. The molecule has 0 fully saturated rings. The monoisotopic (exact) mass is 224 g/mol. The number of thiophene rings is 1. The molecule has 1 aromatic rings. The van der Waals surface area contributed by atoms with Gasteiger partial charge < -0.3 is 0 Å². The molecule has 0 atom stereocenters. The van der Waals surface area contributed by atoms with Gasteiger partial charge in [-0.25, -0.2) is 0 Å². The Labute approximate surface area is 84.6 Å². The Kier molecular flexibility index (Phi) is 4.83. The van der Waals surface area contributed by atoms with Gasteiger partial charge in [0.05, 0.1) is 5.56 Å². The van der Waals surface area contributed by atoms with Crippen LogP contribution in [0, 0.1) is 0 Å². The standard InChI is InChI=1S/C7H5F3OS.C2H6/c1-4(11)5-2-12-3-6(5)7(8,9)10;1-2/h2-3H,1H3;1-2H3. The van der Waals surface area contributed by atoms with Crippen LogP contribution in [0.3, 0.4) is 0 Å². The van der Waals surface area contributed by atoms with Crippen LogP contribution in [0.4, 0.5) is 13.2 Å². The maximum Gasteiger partial charge on any atom is 0.417 e. The molecule has 0 aromatic carbocycles. The zero-order valence-corrected chi connectivity index (χ0v) is 8.92. The van der Waals surface area contributed by atoms with Crippen molar-refractivity contribution in [2.75, 3.05) is 0 Å². The minimum Gasteiger partial charge on any atom is -0.294 e. The number of alkyl halides is 3. The fourth-order valence-electron chi connectivity index (χ4n) is 0.789. The zero-order chi connectivity index (χ0) is 11.4. The molecule has 0 saturated carbocycles. The van der Waals surface area contributed by atoms with Gasteiger partial charge in [0.15, 0.2) is 5.78 Å². The maximum atomic E-state index is 12.1. The molecule has 0 aliphatic heterocycles. The van der Waals surface area contributed by atoms with Crippen molar-refractivity contribution in [2.45, 2.75) is 26.9 Å². The van der Waals surface area contributed by atoms with Gasteiger partial charge in [0.2, 0.25) is 0 Å². The number of carbonyl (C=O) groups is 1. The van der Waals surface area contributed by atoms with Crippen molar-refractivity contribution < 1.29 is 18.0 Å². The molecule has 1 aromatic heterocycles. The summed E-state index contributed by atoms with van der Waals surface area (Å²) in [5, 5.41) is 2.15. The number of carbonyl (C=O) groups excluding carboxylic acids is 1. The van der Waals surface area contributed by atoms with Gasteiger partial charge in [0, 0.05) is 16.3 Å². The molecular formula is C9H11F3OS. The van der Waals surface area contributed by atoms with E-state index >= 15 is 0 Å². The summed E-state index contributed by atoms with van der Waals surface area (Å²) in [6, 6.07) is 0. The Morgan fingerprint density at radius 1 is 1.29 bits per heavy atom. The fraction of sp³-hybridized carbons (Fsp3) is 0.444. The van der Waals surface area contributed by atoms with E-state index in [1.54, 1.807) is 0 Å². The van der Waals surface area contributed by atoms with E-state index in [0.29, 0.717) is 0 Å². The Morgan fingerprint density at radius 3 is 2.07 bits per heavy atom. The van der Waals surface area contributed by atoms with E-state index in [1.807, 2.05) is 13.8 Å². The molecule has 0 bridgehead atoms. The van der Waals surface area contributed by atoms with Gasteiger partial charge in [0.1, 0.15) is 0 Å². The van der Waals surface area contributed by atoms with Crippen molar-refractivity contribution in [3.63, 3.8) is 0 Å². The second kappa shape index (κ2) is 5.14. The summed E-state index contributed by atoms with van der Waals surface area (Å²) in [7, 11) is 0. The highest BCUT2D eigenvalue weighted by Gasteiger charge is 2.34. The molecule has 0 aliphatic rings. The molecule has 14 heavy (non-hydrogen) atoms. The minimum absolute atomic E-state index is 0.243. The highest BCUT2D eigenvalue weighted by Crippen LogP contribution is 2.34. The summed E-state index contributed by atoms with van der Waals surface area (Å²) in [4.78, 5) is 10.7. The number of hydrogen-bond acceptors (Lipinski definition) is 2. The molecule has 80 valence electrons. The Morgan fingerprint density at radius 2 is 1.79 bits per heavy atom. The Hall–Kier alpha value is -0.840. The van der Waals surface area contributed by atoms with Crippen molar-refractivity contribution in [1.29, 1.82) is 0 Å². The van der Waals surface area contributed by atoms with Crippen LogP contribution in [0.25, 0.3) is 0 Å². The molecule has 0 N–H and O–H groups in total.